The third-order valence-electron chi connectivity index (χ3n) is 5.02. The number of hydrogen-bond donors (Lipinski definition) is 0. The summed E-state index contributed by atoms with van der Waals surface area (Å²) in [6, 6.07) is 16.7. The first-order valence-electron chi connectivity index (χ1n) is 8.54. The molecule has 0 saturated carbocycles. The molecule has 0 unspecified atom stereocenters. The zero-order chi connectivity index (χ0) is 16.2. The molecule has 1 saturated heterocycles. The fraction of sp³-hybridized carbons (Fsp3) is 0.381. The van der Waals surface area contributed by atoms with E-state index in [0.717, 1.165) is 37.9 Å². The van der Waals surface area contributed by atoms with Crippen LogP contribution in [0.25, 0.3) is 0 Å². The Labute approximate surface area is 139 Å². The zero-order valence-electron chi connectivity index (χ0n) is 14.1. The molecule has 1 heterocycles. The lowest BCUT2D eigenvalue weighted by Crippen LogP contribution is -2.38. The highest BCUT2D eigenvalue weighted by Gasteiger charge is 2.23. The topological polar surface area (TPSA) is 20.3 Å². The molecule has 0 radical (unpaired) electrons. The average molecular weight is 307 g/mol. The third kappa shape index (κ3) is 3.82. The van der Waals surface area contributed by atoms with Gasteiger partial charge in [-0.15, -0.1) is 0 Å². The van der Waals surface area contributed by atoms with E-state index >= 15 is 0 Å². The fourth-order valence-electron chi connectivity index (χ4n) is 3.34. The van der Waals surface area contributed by atoms with Gasteiger partial charge in [-0.25, -0.2) is 0 Å². The van der Waals surface area contributed by atoms with E-state index in [9.17, 15) is 4.79 Å². The van der Waals surface area contributed by atoms with Crippen LogP contribution in [0.2, 0.25) is 0 Å². The lowest BCUT2D eigenvalue weighted by atomic mass is 9.90. The highest BCUT2D eigenvalue weighted by molar-refractivity contribution is 5.94. The van der Waals surface area contributed by atoms with E-state index in [2.05, 4.69) is 44.2 Å². The van der Waals surface area contributed by atoms with Crippen LogP contribution >= 0.6 is 0 Å². The predicted molar refractivity (Wildman–Crippen MR) is 94.7 cm³/mol. The van der Waals surface area contributed by atoms with Crippen LogP contribution in [-0.2, 0) is 6.42 Å². The van der Waals surface area contributed by atoms with Gasteiger partial charge in [0, 0.05) is 18.7 Å². The molecule has 1 aliphatic heterocycles. The van der Waals surface area contributed by atoms with Gasteiger partial charge in [-0.1, -0.05) is 36.4 Å². The number of likely N-dealkylation sites (tertiary alicyclic amines) is 1. The fourth-order valence-corrected chi connectivity index (χ4v) is 3.34. The van der Waals surface area contributed by atoms with Gasteiger partial charge in [0.05, 0.1) is 0 Å². The molecule has 3 rings (SSSR count). The molecule has 0 aromatic heterocycles. The van der Waals surface area contributed by atoms with Crippen LogP contribution in [-0.4, -0.2) is 23.9 Å². The maximum absolute atomic E-state index is 12.7. The molecule has 1 aliphatic rings. The van der Waals surface area contributed by atoms with Gasteiger partial charge >= 0.3 is 0 Å². The highest BCUT2D eigenvalue weighted by Crippen LogP contribution is 2.23. The largest absolute Gasteiger partial charge is 0.339 e. The number of benzene rings is 2. The molecule has 0 N–H and O–H groups in total. The predicted octanol–water partition coefficient (Wildman–Crippen LogP) is 4.40. The van der Waals surface area contributed by atoms with Crippen molar-refractivity contribution in [3.05, 3.63) is 70.8 Å². The van der Waals surface area contributed by atoms with E-state index in [1.54, 1.807) is 0 Å². The van der Waals surface area contributed by atoms with Gasteiger partial charge in [-0.2, -0.15) is 0 Å². The number of hydrogen-bond acceptors (Lipinski definition) is 1. The van der Waals surface area contributed by atoms with Crippen LogP contribution in [0.4, 0.5) is 0 Å². The van der Waals surface area contributed by atoms with Gasteiger partial charge in [0.25, 0.3) is 5.91 Å². The number of aryl methyl sites for hydroxylation is 2. The Kier molecular flexibility index (Phi) is 4.80. The van der Waals surface area contributed by atoms with Crippen molar-refractivity contribution in [1.29, 1.82) is 0 Å². The zero-order valence-corrected chi connectivity index (χ0v) is 14.1. The van der Waals surface area contributed by atoms with Crippen LogP contribution in [0.1, 0.15) is 39.9 Å². The SMILES string of the molecule is Cc1ccc(C(=O)N2CCC(Cc3ccccc3)CC2)cc1C. The Morgan fingerprint density at radius 3 is 2.35 bits per heavy atom. The summed E-state index contributed by atoms with van der Waals surface area (Å²) in [5.74, 6) is 0.882. The number of rotatable bonds is 3. The summed E-state index contributed by atoms with van der Waals surface area (Å²) in [6.45, 7) is 5.91. The maximum atomic E-state index is 12.7. The summed E-state index contributed by atoms with van der Waals surface area (Å²) < 4.78 is 0. The van der Waals surface area contributed by atoms with Gasteiger partial charge in [-0.05, 0) is 67.9 Å². The lowest BCUT2D eigenvalue weighted by Gasteiger charge is -2.32. The van der Waals surface area contributed by atoms with Gasteiger partial charge in [0.1, 0.15) is 0 Å². The summed E-state index contributed by atoms with van der Waals surface area (Å²) in [4.78, 5) is 14.7. The van der Waals surface area contributed by atoms with E-state index in [4.69, 9.17) is 0 Å². The Morgan fingerprint density at radius 2 is 1.70 bits per heavy atom. The summed E-state index contributed by atoms with van der Waals surface area (Å²) in [6.07, 6.45) is 3.34. The van der Waals surface area contributed by atoms with E-state index in [1.165, 1.54) is 16.7 Å². The van der Waals surface area contributed by atoms with Crippen molar-refractivity contribution in [2.75, 3.05) is 13.1 Å². The van der Waals surface area contributed by atoms with Crippen molar-refractivity contribution in [2.24, 2.45) is 5.92 Å². The number of piperidine rings is 1. The van der Waals surface area contributed by atoms with E-state index in [-0.39, 0.29) is 5.91 Å². The first-order chi connectivity index (χ1) is 11.1. The Bertz CT molecular complexity index is 669. The Morgan fingerprint density at radius 1 is 1.00 bits per heavy atom. The van der Waals surface area contributed by atoms with Gasteiger partial charge in [0.15, 0.2) is 0 Å². The summed E-state index contributed by atoms with van der Waals surface area (Å²) in [5.41, 5.74) is 4.67. The van der Waals surface area contributed by atoms with Crippen molar-refractivity contribution in [2.45, 2.75) is 33.1 Å². The second kappa shape index (κ2) is 6.99. The van der Waals surface area contributed by atoms with Crippen LogP contribution in [0.15, 0.2) is 48.5 Å². The molecule has 2 aromatic carbocycles. The molecule has 0 atom stereocenters. The van der Waals surface area contributed by atoms with Crippen molar-refractivity contribution < 1.29 is 4.79 Å². The minimum atomic E-state index is 0.186. The molecule has 2 nitrogen and oxygen atoms in total. The second-order valence-electron chi connectivity index (χ2n) is 6.72. The van der Waals surface area contributed by atoms with Crippen molar-refractivity contribution in [1.82, 2.24) is 4.90 Å². The standard InChI is InChI=1S/C21H25NO/c1-16-8-9-20(14-17(16)2)21(23)22-12-10-19(11-13-22)15-18-6-4-3-5-7-18/h3-9,14,19H,10-13,15H2,1-2H3. The average Bonchev–Trinajstić information content (AvgIpc) is 2.58. The molecule has 120 valence electrons. The number of carbonyl (C=O) groups excluding carboxylic acids is 1. The second-order valence-corrected chi connectivity index (χ2v) is 6.72. The van der Waals surface area contributed by atoms with Crippen molar-refractivity contribution >= 4 is 5.91 Å². The number of nitrogens with zero attached hydrogens (tertiary/aromatic N) is 1. The summed E-state index contributed by atoms with van der Waals surface area (Å²) >= 11 is 0. The molecule has 1 fully saturated rings. The van der Waals surface area contributed by atoms with Gasteiger partial charge < -0.3 is 4.90 Å². The first kappa shape index (κ1) is 15.8. The molecule has 2 aromatic rings. The molecule has 0 spiro atoms. The van der Waals surface area contributed by atoms with Crippen LogP contribution in [0.3, 0.4) is 0 Å². The van der Waals surface area contributed by atoms with E-state index in [0.29, 0.717) is 5.92 Å². The van der Waals surface area contributed by atoms with Gasteiger partial charge in [-0.3, -0.25) is 4.79 Å². The van der Waals surface area contributed by atoms with E-state index in [1.807, 2.05) is 23.1 Å². The minimum absolute atomic E-state index is 0.186. The van der Waals surface area contributed by atoms with E-state index < -0.39 is 0 Å². The quantitative estimate of drug-likeness (QED) is 0.823. The Balaban J connectivity index is 1.58. The minimum Gasteiger partial charge on any atom is -0.339 e. The van der Waals surface area contributed by atoms with Crippen LogP contribution < -0.4 is 0 Å². The smallest absolute Gasteiger partial charge is 0.253 e. The molecular weight excluding hydrogens is 282 g/mol. The molecule has 1 amide bonds. The van der Waals surface area contributed by atoms with Crippen LogP contribution in [0, 0.1) is 19.8 Å². The number of carbonyl (C=O) groups is 1. The Hall–Kier alpha value is -2.09. The summed E-state index contributed by atoms with van der Waals surface area (Å²) in [5, 5.41) is 0. The molecule has 23 heavy (non-hydrogen) atoms. The monoisotopic (exact) mass is 307 g/mol. The van der Waals surface area contributed by atoms with Crippen LogP contribution in [0.5, 0.6) is 0 Å². The maximum Gasteiger partial charge on any atom is 0.253 e. The molecule has 2 heteroatoms. The normalized spacial score (nSPS) is 15.7. The third-order valence-corrected chi connectivity index (χ3v) is 5.02. The van der Waals surface area contributed by atoms with Gasteiger partial charge in [0.2, 0.25) is 0 Å². The first-order valence-corrected chi connectivity index (χ1v) is 8.54. The van der Waals surface area contributed by atoms with Crippen molar-refractivity contribution in [3.63, 3.8) is 0 Å². The summed E-state index contributed by atoms with van der Waals surface area (Å²) in [7, 11) is 0. The van der Waals surface area contributed by atoms with Crippen molar-refractivity contribution in [3.8, 4) is 0 Å². The number of amides is 1. The molecular formula is C21H25NO. The molecule has 0 aliphatic carbocycles. The lowest BCUT2D eigenvalue weighted by molar-refractivity contribution is 0.0690. The highest BCUT2D eigenvalue weighted by atomic mass is 16.2. The molecule has 0 bridgehead atoms.